The van der Waals surface area contributed by atoms with Crippen molar-refractivity contribution in [1.82, 2.24) is 0 Å². The number of aliphatic hydroxyl groups excluding tert-OH is 1. The zero-order chi connectivity index (χ0) is 15.3. The van der Waals surface area contributed by atoms with Gasteiger partial charge in [0.25, 0.3) is 5.69 Å². The van der Waals surface area contributed by atoms with Gasteiger partial charge in [-0.05, 0) is 24.1 Å². The topological polar surface area (TPSA) is 127 Å². The molecule has 20 heavy (non-hydrogen) atoms. The van der Waals surface area contributed by atoms with Crippen LogP contribution in [0.15, 0.2) is 18.2 Å². The van der Waals surface area contributed by atoms with Crippen LogP contribution in [0.4, 0.5) is 5.69 Å². The third-order valence-electron chi connectivity index (χ3n) is 2.68. The van der Waals surface area contributed by atoms with Gasteiger partial charge >= 0.3 is 11.9 Å². The first-order valence-corrected chi connectivity index (χ1v) is 5.61. The number of rotatable bonds is 6. The van der Waals surface area contributed by atoms with Crippen LogP contribution in [0.3, 0.4) is 0 Å². The lowest BCUT2D eigenvalue weighted by molar-refractivity contribution is -0.385. The molecule has 1 aromatic carbocycles. The fourth-order valence-corrected chi connectivity index (χ4v) is 1.64. The van der Waals surface area contributed by atoms with E-state index in [1.165, 1.54) is 19.2 Å². The second kappa shape index (κ2) is 6.62. The van der Waals surface area contributed by atoms with E-state index in [-0.39, 0.29) is 29.7 Å². The molecule has 0 amide bonds. The van der Waals surface area contributed by atoms with E-state index in [1.807, 2.05) is 0 Å². The summed E-state index contributed by atoms with van der Waals surface area (Å²) in [6.07, 6.45) is -1.83. The zero-order valence-corrected chi connectivity index (χ0v) is 10.6. The maximum absolute atomic E-state index is 11.1. The lowest BCUT2D eigenvalue weighted by atomic mass is 10.0. The highest BCUT2D eigenvalue weighted by molar-refractivity contribution is 5.74. The number of carbonyl (C=O) groups is 2. The predicted octanol–water partition coefficient (Wildman–Crippen LogP) is 0.818. The average molecular weight is 283 g/mol. The molecule has 0 saturated heterocycles. The number of benzene rings is 1. The van der Waals surface area contributed by atoms with Crippen molar-refractivity contribution < 1.29 is 29.5 Å². The molecular formula is C12H13NO7. The Kier molecular flexibility index (Phi) is 5.15. The molecule has 0 aliphatic rings. The van der Waals surface area contributed by atoms with Crippen molar-refractivity contribution in [3.8, 4) is 0 Å². The Bertz CT molecular complexity index is 541. The molecule has 1 aromatic rings. The lowest BCUT2D eigenvalue weighted by Crippen LogP contribution is -2.11. The van der Waals surface area contributed by atoms with Crippen LogP contribution in [-0.4, -0.2) is 34.2 Å². The quantitative estimate of drug-likeness (QED) is 0.449. The Balaban J connectivity index is 3.08. The largest absolute Gasteiger partial charge is 0.479 e. The van der Waals surface area contributed by atoms with Gasteiger partial charge in [0.15, 0.2) is 6.10 Å². The summed E-state index contributed by atoms with van der Waals surface area (Å²) in [4.78, 5) is 32.0. The number of hydrogen-bond acceptors (Lipinski definition) is 6. The third-order valence-corrected chi connectivity index (χ3v) is 2.68. The van der Waals surface area contributed by atoms with Crippen molar-refractivity contribution in [2.45, 2.75) is 18.9 Å². The molecule has 8 nitrogen and oxygen atoms in total. The van der Waals surface area contributed by atoms with Gasteiger partial charge in [0.2, 0.25) is 0 Å². The van der Waals surface area contributed by atoms with Crippen molar-refractivity contribution in [3.05, 3.63) is 39.4 Å². The fraction of sp³-hybridized carbons (Fsp3) is 0.333. The maximum Gasteiger partial charge on any atom is 0.337 e. The van der Waals surface area contributed by atoms with Gasteiger partial charge in [-0.15, -0.1) is 0 Å². The first-order valence-electron chi connectivity index (χ1n) is 5.61. The number of aryl methyl sites for hydroxylation is 1. The van der Waals surface area contributed by atoms with E-state index in [9.17, 15) is 24.8 Å². The minimum absolute atomic E-state index is 0.0166. The number of nitro benzene ring substituents is 1. The Morgan fingerprint density at radius 3 is 2.60 bits per heavy atom. The molecule has 0 fully saturated rings. The number of aliphatic hydroxyl groups is 1. The van der Waals surface area contributed by atoms with E-state index >= 15 is 0 Å². The number of nitrogens with zero attached hydrogens (tertiary/aromatic N) is 1. The summed E-state index contributed by atoms with van der Waals surface area (Å²) in [5, 5.41) is 29.0. The van der Waals surface area contributed by atoms with Crippen LogP contribution in [0, 0.1) is 10.1 Å². The van der Waals surface area contributed by atoms with Gasteiger partial charge in [0, 0.05) is 18.1 Å². The first-order chi connectivity index (χ1) is 9.36. The second-order valence-electron chi connectivity index (χ2n) is 3.96. The van der Waals surface area contributed by atoms with Crippen LogP contribution in [0.2, 0.25) is 0 Å². The normalized spacial score (nSPS) is 11.7. The molecule has 0 aliphatic heterocycles. The Morgan fingerprint density at radius 2 is 2.10 bits per heavy atom. The third kappa shape index (κ3) is 3.75. The maximum atomic E-state index is 11.1. The predicted molar refractivity (Wildman–Crippen MR) is 66.0 cm³/mol. The standard InChI is InChI=1S/C12H13NO7/c1-20-10(14)5-3-7-6-8(11(15)12(16)17)2-4-9(7)13(18)19/h2,4,6,11,15H,3,5H2,1H3,(H,16,17). The Hall–Kier alpha value is -2.48. The van der Waals surface area contributed by atoms with Gasteiger partial charge in [0.1, 0.15) is 0 Å². The van der Waals surface area contributed by atoms with Gasteiger partial charge in [-0.3, -0.25) is 14.9 Å². The zero-order valence-electron chi connectivity index (χ0n) is 10.6. The number of methoxy groups -OCH3 is 1. The van der Waals surface area contributed by atoms with Gasteiger partial charge in [-0.25, -0.2) is 4.79 Å². The molecule has 0 aromatic heterocycles. The summed E-state index contributed by atoms with van der Waals surface area (Å²) in [6.45, 7) is 0. The number of carbonyl (C=O) groups excluding carboxylic acids is 1. The minimum Gasteiger partial charge on any atom is -0.479 e. The van der Waals surface area contributed by atoms with Crippen molar-refractivity contribution in [2.75, 3.05) is 7.11 Å². The van der Waals surface area contributed by atoms with E-state index in [0.29, 0.717) is 0 Å². The number of esters is 1. The van der Waals surface area contributed by atoms with E-state index in [4.69, 9.17) is 5.11 Å². The van der Waals surface area contributed by atoms with Gasteiger partial charge < -0.3 is 14.9 Å². The summed E-state index contributed by atoms with van der Waals surface area (Å²) in [5.41, 5.74) is -0.0589. The number of carboxylic acid groups (broad SMARTS) is 1. The van der Waals surface area contributed by atoms with Crippen LogP contribution in [-0.2, 0) is 20.7 Å². The summed E-state index contributed by atoms with van der Waals surface area (Å²) in [7, 11) is 1.20. The number of aliphatic carboxylic acids is 1. The molecule has 0 saturated carbocycles. The van der Waals surface area contributed by atoms with Gasteiger partial charge in [-0.2, -0.15) is 0 Å². The van der Waals surface area contributed by atoms with Gasteiger partial charge in [0.05, 0.1) is 12.0 Å². The summed E-state index contributed by atoms with van der Waals surface area (Å²) < 4.78 is 4.44. The van der Waals surface area contributed by atoms with E-state index in [0.717, 1.165) is 6.07 Å². The number of ether oxygens (including phenoxy) is 1. The fourth-order valence-electron chi connectivity index (χ4n) is 1.64. The van der Waals surface area contributed by atoms with Crippen LogP contribution in [0.5, 0.6) is 0 Å². The first kappa shape index (κ1) is 15.6. The number of carboxylic acids is 1. The minimum atomic E-state index is -1.77. The molecule has 0 aliphatic carbocycles. The lowest BCUT2D eigenvalue weighted by Gasteiger charge is -2.08. The van der Waals surface area contributed by atoms with Crippen molar-refractivity contribution in [1.29, 1.82) is 0 Å². The molecule has 1 atom stereocenters. The van der Waals surface area contributed by atoms with E-state index < -0.39 is 23.0 Å². The highest BCUT2D eigenvalue weighted by atomic mass is 16.6. The number of hydrogen-bond donors (Lipinski definition) is 2. The van der Waals surface area contributed by atoms with Crippen LogP contribution < -0.4 is 0 Å². The molecule has 0 spiro atoms. The highest BCUT2D eigenvalue weighted by Crippen LogP contribution is 2.25. The second-order valence-corrected chi connectivity index (χ2v) is 3.96. The monoisotopic (exact) mass is 283 g/mol. The molecule has 108 valence electrons. The summed E-state index contributed by atoms with van der Waals surface area (Å²) in [6, 6.07) is 3.48. The molecule has 0 radical (unpaired) electrons. The Labute approximate surface area is 113 Å². The van der Waals surface area contributed by atoms with Crippen LogP contribution in [0.25, 0.3) is 0 Å². The van der Waals surface area contributed by atoms with Crippen molar-refractivity contribution >= 4 is 17.6 Å². The van der Waals surface area contributed by atoms with Crippen molar-refractivity contribution in [2.24, 2.45) is 0 Å². The highest BCUT2D eigenvalue weighted by Gasteiger charge is 2.21. The Morgan fingerprint density at radius 1 is 1.45 bits per heavy atom. The smallest absolute Gasteiger partial charge is 0.337 e. The molecule has 0 heterocycles. The summed E-state index contributed by atoms with van der Waals surface area (Å²) in [5.74, 6) is -2.00. The molecule has 2 N–H and O–H groups in total. The van der Waals surface area contributed by atoms with Crippen LogP contribution >= 0.6 is 0 Å². The van der Waals surface area contributed by atoms with Crippen LogP contribution in [0.1, 0.15) is 23.7 Å². The molecule has 8 heteroatoms. The molecular weight excluding hydrogens is 270 g/mol. The van der Waals surface area contributed by atoms with E-state index in [1.54, 1.807) is 0 Å². The van der Waals surface area contributed by atoms with E-state index in [2.05, 4.69) is 4.74 Å². The van der Waals surface area contributed by atoms with Crippen molar-refractivity contribution in [3.63, 3.8) is 0 Å². The summed E-state index contributed by atoms with van der Waals surface area (Å²) >= 11 is 0. The average Bonchev–Trinajstić information content (AvgIpc) is 2.43. The molecule has 1 rings (SSSR count). The number of nitro groups is 1. The van der Waals surface area contributed by atoms with Gasteiger partial charge in [-0.1, -0.05) is 0 Å². The molecule has 1 unspecified atom stereocenters. The SMILES string of the molecule is COC(=O)CCc1cc(C(O)C(=O)O)ccc1[N+](=O)[O-]. The molecule has 0 bridgehead atoms.